The second-order valence-electron chi connectivity index (χ2n) is 5.71. The maximum Gasteiger partial charge on any atom is 0.338 e. The fraction of sp³-hybridized carbons (Fsp3) is 0.300. The Hall–Kier alpha value is -1.98. The topological polar surface area (TPSA) is 55.4 Å². The molecule has 1 N–H and O–H groups in total. The Bertz CT molecular complexity index is 777. The molecule has 26 heavy (non-hydrogen) atoms. The lowest BCUT2D eigenvalue weighted by atomic mass is 10.1. The number of ether oxygens (including phenoxy) is 1. The summed E-state index contributed by atoms with van der Waals surface area (Å²) in [6.45, 7) is 5.92. The van der Waals surface area contributed by atoms with Gasteiger partial charge >= 0.3 is 5.97 Å². The maximum atomic E-state index is 12.7. The number of anilines is 1. The Balaban J connectivity index is 2.12. The molecule has 0 fully saturated rings. The fourth-order valence-corrected chi connectivity index (χ4v) is 3.39. The number of aryl methyl sites for hydroxylation is 1. The van der Waals surface area contributed by atoms with Crippen molar-refractivity contribution in [3.05, 3.63) is 58.6 Å². The number of benzene rings is 2. The number of carbonyl (C=O) groups excluding carboxylic acids is 2. The van der Waals surface area contributed by atoms with Gasteiger partial charge in [-0.15, -0.1) is 11.8 Å². The summed E-state index contributed by atoms with van der Waals surface area (Å²) in [6.07, 6.45) is 0.676. The molecule has 1 unspecified atom stereocenters. The van der Waals surface area contributed by atoms with Crippen molar-refractivity contribution in [3.63, 3.8) is 0 Å². The van der Waals surface area contributed by atoms with Crippen molar-refractivity contribution in [2.45, 2.75) is 37.3 Å². The molecular weight excluding hydrogens is 370 g/mol. The van der Waals surface area contributed by atoms with Gasteiger partial charge < -0.3 is 10.1 Å². The molecule has 4 nitrogen and oxygen atoms in total. The number of esters is 1. The lowest BCUT2D eigenvalue weighted by Crippen LogP contribution is -2.25. The SMILES string of the molecule is CCOC(=O)c1ccc(C)c(NC(=O)C(CC)Sc2ccc(Cl)cc2)c1. The number of rotatable bonds is 7. The molecule has 0 saturated heterocycles. The zero-order chi connectivity index (χ0) is 19.1. The normalized spacial score (nSPS) is 11.7. The van der Waals surface area contributed by atoms with Crippen molar-refractivity contribution in [1.29, 1.82) is 0 Å². The van der Waals surface area contributed by atoms with Crippen LogP contribution in [0.15, 0.2) is 47.4 Å². The Morgan fingerprint density at radius 2 is 1.85 bits per heavy atom. The van der Waals surface area contributed by atoms with Crippen LogP contribution >= 0.6 is 23.4 Å². The van der Waals surface area contributed by atoms with Gasteiger partial charge in [0.1, 0.15) is 0 Å². The maximum absolute atomic E-state index is 12.7. The van der Waals surface area contributed by atoms with Gasteiger partial charge in [0.25, 0.3) is 0 Å². The van der Waals surface area contributed by atoms with Crippen LogP contribution in [0.1, 0.15) is 36.2 Å². The van der Waals surface area contributed by atoms with Crippen LogP contribution in [0, 0.1) is 6.92 Å². The zero-order valence-electron chi connectivity index (χ0n) is 15.0. The quantitative estimate of drug-likeness (QED) is 0.511. The van der Waals surface area contributed by atoms with Crippen molar-refractivity contribution in [3.8, 4) is 0 Å². The minimum Gasteiger partial charge on any atom is -0.462 e. The molecule has 0 aliphatic carbocycles. The van der Waals surface area contributed by atoms with Crippen molar-refractivity contribution >= 4 is 40.9 Å². The Morgan fingerprint density at radius 1 is 1.15 bits per heavy atom. The van der Waals surface area contributed by atoms with Gasteiger partial charge in [0.2, 0.25) is 5.91 Å². The first-order valence-corrected chi connectivity index (χ1v) is 9.71. The van der Waals surface area contributed by atoms with Crippen LogP contribution < -0.4 is 5.32 Å². The molecule has 1 atom stereocenters. The monoisotopic (exact) mass is 391 g/mol. The molecule has 0 saturated carbocycles. The molecule has 0 spiro atoms. The van der Waals surface area contributed by atoms with E-state index in [9.17, 15) is 9.59 Å². The third kappa shape index (κ3) is 5.51. The van der Waals surface area contributed by atoms with Gasteiger partial charge in [-0.2, -0.15) is 0 Å². The van der Waals surface area contributed by atoms with E-state index >= 15 is 0 Å². The van der Waals surface area contributed by atoms with E-state index < -0.39 is 5.97 Å². The van der Waals surface area contributed by atoms with Gasteiger partial charge in [-0.05, 0) is 62.2 Å². The van der Waals surface area contributed by atoms with Crippen molar-refractivity contribution in [2.24, 2.45) is 0 Å². The molecule has 0 aliphatic rings. The largest absolute Gasteiger partial charge is 0.462 e. The van der Waals surface area contributed by atoms with E-state index in [0.29, 0.717) is 29.3 Å². The highest BCUT2D eigenvalue weighted by Crippen LogP contribution is 2.28. The van der Waals surface area contributed by atoms with Gasteiger partial charge in [-0.25, -0.2) is 4.79 Å². The number of carbonyl (C=O) groups is 2. The van der Waals surface area contributed by atoms with Crippen LogP contribution in [0.25, 0.3) is 0 Å². The summed E-state index contributed by atoms with van der Waals surface area (Å²) >= 11 is 7.39. The molecule has 0 heterocycles. The van der Waals surface area contributed by atoms with Crippen molar-refractivity contribution in [1.82, 2.24) is 0 Å². The van der Waals surface area contributed by atoms with Gasteiger partial charge in [0.05, 0.1) is 17.4 Å². The second-order valence-corrected chi connectivity index (χ2v) is 7.42. The number of hydrogen-bond acceptors (Lipinski definition) is 4. The molecule has 2 aromatic rings. The first-order chi connectivity index (χ1) is 12.4. The average molecular weight is 392 g/mol. The van der Waals surface area contributed by atoms with Crippen LogP contribution in [0.2, 0.25) is 5.02 Å². The van der Waals surface area contributed by atoms with E-state index in [1.807, 2.05) is 38.1 Å². The first-order valence-electron chi connectivity index (χ1n) is 8.45. The summed E-state index contributed by atoms with van der Waals surface area (Å²) in [4.78, 5) is 25.6. The third-order valence-corrected chi connectivity index (χ3v) is 5.39. The fourth-order valence-electron chi connectivity index (χ4n) is 2.31. The number of hydrogen-bond donors (Lipinski definition) is 1. The van der Waals surface area contributed by atoms with E-state index in [-0.39, 0.29) is 11.2 Å². The minimum absolute atomic E-state index is 0.100. The number of halogens is 1. The Labute approximate surface area is 163 Å². The molecule has 2 rings (SSSR count). The molecule has 0 radical (unpaired) electrons. The Kier molecular flexibility index (Phi) is 7.54. The number of nitrogens with one attached hydrogen (secondary N) is 1. The zero-order valence-corrected chi connectivity index (χ0v) is 16.6. The summed E-state index contributed by atoms with van der Waals surface area (Å²) in [5, 5.41) is 3.35. The summed E-state index contributed by atoms with van der Waals surface area (Å²) in [5.74, 6) is -0.498. The van der Waals surface area contributed by atoms with E-state index in [1.54, 1.807) is 25.1 Å². The number of thioether (sulfide) groups is 1. The lowest BCUT2D eigenvalue weighted by molar-refractivity contribution is -0.115. The average Bonchev–Trinajstić information content (AvgIpc) is 2.63. The van der Waals surface area contributed by atoms with Gasteiger partial charge in [-0.3, -0.25) is 4.79 Å². The highest BCUT2D eigenvalue weighted by atomic mass is 35.5. The Morgan fingerprint density at radius 3 is 2.46 bits per heavy atom. The molecule has 1 amide bonds. The second kappa shape index (κ2) is 9.64. The van der Waals surface area contributed by atoms with Gasteiger partial charge in [-0.1, -0.05) is 24.6 Å². The predicted octanol–water partition coefficient (Wildman–Crippen LogP) is 5.33. The molecule has 0 bridgehead atoms. The van der Waals surface area contributed by atoms with E-state index in [4.69, 9.17) is 16.3 Å². The smallest absolute Gasteiger partial charge is 0.338 e. The summed E-state index contributed by atoms with van der Waals surface area (Å²) in [5.41, 5.74) is 1.93. The molecule has 2 aromatic carbocycles. The summed E-state index contributed by atoms with van der Waals surface area (Å²) in [7, 11) is 0. The highest BCUT2D eigenvalue weighted by Gasteiger charge is 2.19. The van der Waals surface area contributed by atoms with Crippen LogP contribution in [0.3, 0.4) is 0 Å². The van der Waals surface area contributed by atoms with E-state index in [2.05, 4.69) is 5.32 Å². The van der Waals surface area contributed by atoms with Crippen LogP contribution in [-0.2, 0) is 9.53 Å². The third-order valence-electron chi connectivity index (χ3n) is 3.76. The van der Waals surface area contributed by atoms with Crippen LogP contribution in [0.4, 0.5) is 5.69 Å². The molecule has 0 aliphatic heterocycles. The van der Waals surface area contributed by atoms with Crippen LogP contribution in [-0.4, -0.2) is 23.7 Å². The highest BCUT2D eigenvalue weighted by molar-refractivity contribution is 8.00. The first kappa shape index (κ1) is 20.3. The molecule has 0 aromatic heterocycles. The molecule has 138 valence electrons. The molecular formula is C20H22ClNO3S. The van der Waals surface area contributed by atoms with Crippen molar-refractivity contribution in [2.75, 3.05) is 11.9 Å². The minimum atomic E-state index is -0.398. The lowest BCUT2D eigenvalue weighted by Gasteiger charge is -2.16. The van der Waals surface area contributed by atoms with Crippen molar-refractivity contribution < 1.29 is 14.3 Å². The van der Waals surface area contributed by atoms with Gasteiger partial charge in [0.15, 0.2) is 0 Å². The van der Waals surface area contributed by atoms with Gasteiger partial charge in [0, 0.05) is 15.6 Å². The summed E-state index contributed by atoms with van der Waals surface area (Å²) in [6, 6.07) is 12.6. The summed E-state index contributed by atoms with van der Waals surface area (Å²) < 4.78 is 5.02. The standard InChI is InChI=1S/C20H22ClNO3S/c1-4-18(26-16-10-8-15(21)9-11-16)19(23)22-17-12-14(7-6-13(17)3)20(24)25-5-2/h6-12,18H,4-5H2,1-3H3,(H,22,23). The van der Waals surface area contributed by atoms with E-state index in [1.165, 1.54) is 11.8 Å². The number of amides is 1. The predicted molar refractivity (Wildman–Crippen MR) is 107 cm³/mol. The van der Waals surface area contributed by atoms with Crippen LogP contribution in [0.5, 0.6) is 0 Å². The molecule has 6 heteroatoms. The van der Waals surface area contributed by atoms with E-state index in [0.717, 1.165) is 10.5 Å².